The van der Waals surface area contributed by atoms with Crippen LogP contribution in [0.15, 0.2) is 44.8 Å². The predicted molar refractivity (Wildman–Crippen MR) is 100 cm³/mol. The number of carbonyl (C=O) groups is 1. The summed E-state index contributed by atoms with van der Waals surface area (Å²) in [5.41, 5.74) is 2.52. The number of benzene rings is 1. The molecule has 0 aliphatic carbocycles. The van der Waals surface area contributed by atoms with Crippen molar-refractivity contribution in [3.8, 4) is 0 Å². The third-order valence-electron chi connectivity index (χ3n) is 3.65. The maximum atomic E-state index is 13.3. The van der Waals surface area contributed by atoms with Crippen molar-refractivity contribution in [2.24, 2.45) is 4.99 Å². The monoisotopic (exact) mass is 422 g/mol. The number of nitrogens with zero attached hydrogens (tertiary/aromatic N) is 2. The Kier molecular flexibility index (Phi) is 5.29. The minimum absolute atomic E-state index is 0.0837. The van der Waals surface area contributed by atoms with Crippen molar-refractivity contribution in [2.75, 3.05) is 7.05 Å². The van der Waals surface area contributed by atoms with Gasteiger partial charge in [-0.3, -0.25) is 9.79 Å². The average molecular weight is 423 g/mol. The van der Waals surface area contributed by atoms with Crippen molar-refractivity contribution in [3.05, 3.63) is 61.9 Å². The molecule has 1 unspecified atom stereocenters. The van der Waals surface area contributed by atoms with Crippen molar-refractivity contribution in [3.63, 3.8) is 0 Å². The van der Waals surface area contributed by atoms with Crippen LogP contribution in [0.1, 0.15) is 29.2 Å². The summed E-state index contributed by atoms with van der Waals surface area (Å²) in [4.78, 5) is 20.7. The highest BCUT2D eigenvalue weighted by Gasteiger charge is 2.20. The van der Waals surface area contributed by atoms with Crippen molar-refractivity contribution in [1.29, 1.82) is 0 Å². The average Bonchev–Trinajstić information content (AvgIpc) is 3.02. The third kappa shape index (κ3) is 4.13. The van der Waals surface area contributed by atoms with E-state index in [9.17, 15) is 9.18 Å². The lowest BCUT2D eigenvalue weighted by Gasteiger charge is -2.20. The topological polar surface area (TPSA) is 66.4 Å². The van der Waals surface area contributed by atoms with Crippen molar-refractivity contribution in [1.82, 2.24) is 15.6 Å². The number of thiazole rings is 1. The van der Waals surface area contributed by atoms with Crippen LogP contribution in [0.5, 0.6) is 0 Å². The minimum atomic E-state index is -0.298. The fraction of sp³-hybridized carbons (Fsp3) is 0.235. The Balaban J connectivity index is 1.89. The highest BCUT2D eigenvalue weighted by molar-refractivity contribution is 9.10. The molecule has 3 rings (SSSR count). The second-order valence-electron chi connectivity index (χ2n) is 5.56. The van der Waals surface area contributed by atoms with E-state index in [1.165, 1.54) is 23.5 Å². The molecule has 5 nitrogen and oxygen atoms in total. The molecule has 1 aliphatic rings. The Labute approximate surface area is 157 Å². The van der Waals surface area contributed by atoms with Gasteiger partial charge in [0.1, 0.15) is 5.82 Å². The number of aromatic nitrogens is 1. The van der Waals surface area contributed by atoms with Gasteiger partial charge in [0, 0.05) is 22.6 Å². The smallest absolute Gasteiger partial charge is 0.225 e. The van der Waals surface area contributed by atoms with E-state index in [4.69, 9.17) is 4.99 Å². The quantitative estimate of drug-likeness (QED) is 0.793. The van der Waals surface area contributed by atoms with Gasteiger partial charge in [-0.2, -0.15) is 0 Å². The van der Waals surface area contributed by atoms with Crippen LogP contribution >= 0.6 is 27.3 Å². The number of aliphatic imine (C=N–C) groups is 1. The van der Waals surface area contributed by atoms with E-state index in [2.05, 4.69) is 31.5 Å². The Bertz CT molecular complexity index is 877. The number of rotatable bonds is 4. The van der Waals surface area contributed by atoms with Crippen LogP contribution in [0.4, 0.5) is 4.39 Å². The molecule has 1 aromatic heterocycles. The van der Waals surface area contributed by atoms with E-state index in [0.29, 0.717) is 16.0 Å². The molecule has 0 radical (unpaired) electrons. The van der Waals surface area contributed by atoms with Gasteiger partial charge in [-0.1, -0.05) is 22.0 Å². The molecule has 0 fully saturated rings. The van der Waals surface area contributed by atoms with Crippen LogP contribution in [-0.4, -0.2) is 23.8 Å². The van der Waals surface area contributed by atoms with E-state index in [-0.39, 0.29) is 24.2 Å². The number of likely N-dealkylation sites (N-methyl/N-ethyl adjacent to an activating group) is 1. The molecule has 2 aromatic rings. The summed E-state index contributed by atoms with van der Waals surface area (Å²) in [5.74, 6) is 0.266. The van der Waals surface area contributed by atoms with E-state index in [0.717, 1.165) is 16.3 Å². The van der Waals surface area contributed by atoms with Crippen LogP contribution < -0.4 is 10.6 Å². The molecule has 1 aromatic carbocycles. The van der Waals surface area contributed by atoms with E-state index in [1.807, 2.05) is 18.4 Å². The van der Waals surface area contributed by atoms with E-state index >= 15 is 0 Å². The number of hydrogen-bond acceptors (Lipinski definition) is 5. The van der Waals surface area contributed by atoms with Crippen molar-refractivity contribution in [2.45, 2.75) is 19.4 Å². The fourth-order valence-electron chi connectivity index (χ4n) is 2.43. The largest absolute Gasteiger partial charge is 0.359 e. The normalized spacial score (nSPS) is 16.7. The van der Waals surface area contributed by atoms with Crippen LogP contribution in [0.25, 0.3) is 0 Å². The lowest BCUT2D eigenvalue weighted by molar-refractivity contribution is -0.120. The molecule has 0 saturated heterocycles. The summed E-state index contributed by atoms with van der Waals surface area (Å²) in [7, 11) is 1.60. The molecule has 130 valence electrons. The second kappa shape index (κ2) is 7.45. The Morgan fingerprint density at radius 3 is 3.00 bits per heavy atom. The summed E-state index contributed by atoms with van der Waals surface area (Å²) in [6.45, 7) is 1.94. The number of carbonyl (C=O) groups excluding carboxylic acids is 1. The zero-order chi connectivity index (χ0) is 18.0. The number of hydrogen-bond donors (Lipinski definition) is 2. The zero-order valence-corrected chi connectivity index (χ0v) is 16.0. The van der Waals surface area contributed by atoms with Gasteiger partial charge in [-0.25, -0.2) is 9.37 Å². The summed E-state index contributed by atoms with van der Waals surface area (Å²) >= 11 is 4.83. The van der Waals surface area contributed by atoms with Crippen molar-refractivity contribution >= 4 is 39.0 Å². The van der Waals surface area contributed by atoms with Gasteiger partial charge in [0.15, 0.2) is 10.8 Å². The number of allylic oxidation sites excluding steroid dienone is 1. The van der Waals surface area contributed by atoms with E-state index < -0.39 is 0 Å². The SMILES string of the molecule is CNC(=O)Cc1csc(C2=NC(c3ccc(F)cc3Br)C=C(C)N2)n1. The maximum Gasteiger partial charge on any atom is 0.225 e. The standard InChI is InChI=1S/C17H16BrFN4OS/c1-9-5-14(12-4-3-10(19)6-13(12)18)23-16(21-9)17-22-11(8-25-17)7-15(24)20-2/h3-6,8,14H,7H2,1-2H3,(H,20,24)(H,21,23). The first-order valence-corrected chi connectivity index (χ1v) is 9.27. The highest BCUT2D eigenvalue weighted by Crippen LogP contribution is 2.31. The van der Waals surface area contributed by atoms with Gasteiger partial charge in [0.2, 0.25) is 5.91 Å². The van der Waals surface area contributed by atoms with Gasteiger partial charge in [0.05, 0.1) is 18.2 Å². The van der Waals surface area contributed by atoms with Crippen molar-refractivity contribution < 1.29 is 9.18 Å². The molecule has 8 heteroatoms. The number of amides is 1. The summed E-state index contributed by atoms with van der Waals surface area (Å²) in [6, 6.07) is 4.34. The maximum absolute atomic E-state index is 13.3. The molecule has 1 aliphatic heterocycles. The molecule has 0 saturated carbocycles. The minimum Gasteiger partial charge on any atom is -0.359 e. The third-order valence-corrected chi connectivity index (χ3v) is 5.23. The fourth-order valence-corrected chi connectivity index (χ4v) is 3.79. The molecular formula is C17H16BrFN4OS. The summed E-state index contributed by atoms with van der Waals surface area (Å²) < 4.78 is 14.0. The molecular weight excluding hydrogens is 407 g/mol. The molecule has 2 heterocycles. The van der Waals surface area contributed by atoms with Crippen LogP contribution in [0.3, 0.4) is 0 Å². The summed E-state index contributed by atoms with van der Waals surface area (Å²) in [6.07, 6.45) is 2.21. The lowest BCUT2D eigenvalue weighted by Crippen LogP contribution is -2.27. The first kappa shape index (κ1) is 17.8. The Morgan fingerprint density at radius 2 is 2.28 bits per heavy atom. The van der Waals surface area contributed by atoms with Gasteiger partial charge >= 0.3 is 0 Å². The van der Waals surface area contributed by atoms with Crippen LogP contribution in [0, 0.1) is 5.82 Å². The van der Waals surface area contributed by atoms with Gasteiger partial charge < -0.3 is 10.6 Å². The molecule has 0 bridgehead atoms. The first-order chi connectivity index (χ1) is 12.0. The van der Waals surface area contributed by atoms with Crippen LogP contribution in [0.2, 0.25) is 0 Å². The number of nitrogens with one attached hydrogen (secondary N) is 2. The molecule has 0 spiro atoms. The molecule has 1 amide bonds. The highest BCUT2D eigenvalue weighted by atomic mass is 79.9. The Hall–Kier alpha value is -2.06. The van der Waals surface area contributed by atoms with Gasteiger partial charge in [-0.15, -0.1) is 11.3 Å². The van der Waals surface area contributed by atoms with Crippen LogP contribution in [-0.2, 0) is 11.2 Å². The molecule has 1 atom stereocenters. The number of halogens is 2. The molecule has 2 N–H and O–H groups in total. The number of amidine groups is 1. The Morgan fingerprint density at radius 1 is 1.48 bits per heavy atom. The van der Waals surface area contributed by atoms with Gasteiger partial charge in [-0.05, 0) is 30.7 Å². The summed E-state index contributed by atoms with van der Waals surface area (Å²) in [5, 5.41) is 8.37. The zero-order valence-electron chi connectivity index (χ0n) is 13.6. The predicted octanol–water partition coefficient (Wildman–Crippen LogP) is 3.33. The second-order valence-corrected chi connectivity index (χ2v) is 7.27. The molecule has 25 heavy (non-hydrogen) atoms. The van der Waals surface area contributed by atoms with Gasteiger partial charge in [0.25, 0.3) is 0 Å². The lowest BCUT2D eigenvalue weighted by atomic mass is 10.1. The van der Waals surface area contributed by atoms with E-state index in [1.54, 1.807) is 13.1 Å². The first-order valence-electron chi connectivity index (χ1n) is 7.60.